The van der Waals surface area contributed by atoms with Gasteiger partial charge in [-0.1, -0.05) is 34.6 Å². The second kappa shape index (κ2) is 7.46. The van der Waals surface area contributed by atoms with E-state index in [1.165, 1.54) is 0 Å². The van der Waals surface area contributed by atoms with Gasteiger partial charge in [0.1, 0.15) is 0 Å². The van der Waals surface area contributed by atoms with Gasteiger partial charge >= 0.3 is 0 Å². The maximum absolute atomic E-state index is 12.5. The third-order valence-electron chi connectivity index (χ3n) is 4.08. The summed E-state index contributed by atoms with van der Waals surface area (Å²) in [6, 6.07) is 0. The zero-order valence-electron chi connectivity index (χ0n) is 12.8. The first-order valence-electron chi connectivity index (χ1n) is 7.07. The molecule has 110 valence electrons. The van der Waals surface area contributed by atoms with Crippen LogP contribution in [-0.4, -0.2) is 37.3 Å². The molecule has 0 aromatic carbocycles. The van der Waals surface area contributed by atoms with Crippen LogP contribution in [0.25, 0.3) is 0 Å². The van der Waals surface area contributed by atoms with Crippen molar-refractivity contribution in [3.05, 3.63) is 0 Å². The minimum Gasteiger partial charge on any atom is -0.288 e. The number of nitrogens with zero attached hydrogens (tertiary/aromatic N) is 1. The van der Waals surface area contributed by atoms with Gasteiger partial charge in [-0.3, -0.25) is 4.90 Å². The fourth-order valence-electron chi connectivity index (χ4n) is 2.03. The van der Waals surface area contributed by atoms with E-state index in [0.29, 0.717) is 12.8 Å². The molecule has 0 aliphatic heterocycles. The average Bonchev–Trinajstić information content (AvgIpc) is 2.37. The van der Waals surface area contributed by atoms with Gasteiger partial charge in [-0.2, -0.15) is 4.72 Å². The molecule has 0 saturated heterocycles. The highest BCUT2D eigenvalue weighted by molar-refractivity contribution is 7.90. The monoisotopic (exact) mass is 278 g/mol. The lowest BCUT2D eigenvalue weighted by Crippen LogP contribution is -2.53. The van der Waals surface area contributed by atoms with Gasteiger partial charge in [-0.05, 0) is 39.3 Å². The number of rotatable bonds is 9. The van der Waals surface area contributed by atoms with E-state index in [1.54, 1.807) is 0 Å². The van der Waals surface area contributed by atoms with Gasteiger partial charge in [0.15, 0.2) is 0 Å². The Labute approximate surface area is 113 Å². The molecule has 18 heavy (non-hydrogen) atoms. The van der Waals surface area contributed by atoms with Crippen molar-refractivity contribution in [3.63, 3.8) is 0 Å². The number of hydrogen-bond acceptors (Lipinski definition) is 3. The SMILES string of the molecule is CCC(NS(=O)(=O)C(C)(CC)CC)N(CC)CC. The first-order chi connectivity index (χ1) is 8.31. The molecule has 1 unspecified atom stereocenters. The van der Waals surface area contributed by atoms with Crippen molar-refractivity contribution < 1.29 is 8.42 Å². The van der Waals surface area contributed by atoms with Gasteiger partial charge in [-0.25, -0.2) is 8.42 Å². The normalized spacial score (nSPS) is 15.1. The van der Waals surface area contributed by atoms with E-state index in [4.69, 9.17) is 0 Å². The zero-order valence-corrected chi connectivity index (χ0v) is 13.6. The molecule has 0 aliphatic carbocycles. The van der Waals surface area contributed by atoms with E-state index in [1.807, 2.05) is 27.7 Å². The standard InChI is InChI=1S/C13H30N2O2S/c1-7-12(15(10-4)11-5)14-18(16,17)13(6,8-2)9-3/h12,14H,7-11H2,1-6H3. The van der Waals surface area contributed by atoms with Crippen LogP contribution in [0, 0.1) is 0 Å². The molecular weight excluding hydrogens is 248 g/mol. The van der Waals surface area contributed by atoms with Crippen molar-refractivity contribution in [1.82, 2.24) is 9.62 Å². The van der Waals surface area contributed by atoms with Crippen LogP contribution in [0.2, 0.25) is 0 Å². The van der Waals surface area contributed by atoms with Gasteiger partial charge in [0, 0.05) is 0 Å². The predicted octanol–water partition coefficient (Wildman–Crippen LogP) is 2.56. The van der Waals surface area contributed by atoms with Crippen molar-refractivity contribution in [1.29, 1.82) is 0 Å². The molecule has 5 heteroatoms. The summed E-state index contributed by atoms with van der Waals surface area (Å²) < 4.78 is 27.2. The maximum Gasteiger partial charge on any atom is 0.218 e. The summed E-state index contributed by atoms with van der Waals surface area (Å²) in [5.74, 6) is 0. The van der Waals surface area contributed by atoms with Gasteiger partial charge in [0.2, 0.25) is 10.0 Å². The Morgan fingerprint density at radius 2 is 1.50 bits per heavy atom. The minimum absolute atomic E-state index is 0.0950. The number of sulfonamides is 1. The fraction of sp³-hybridized carbons (Fsp3) is 1.00. The summed E-state index contributed by atoms with van der Waals surface area (Å²) in [5, 5.41) is 0. The van der Waals surface area contributed by atoms with Crippen LogP contribution in [0.3, 0.4) is 0 Å². The molecular formula is C13H30N2O2S. The molecule has 0 rings (SSSR count). The number of hydrogen-bond donors (Lipinski definition) is 1. The van der Waals surface area contributed by atoms with Crippen molar-refractivity contribution in [2.75, 3.05) is 13.1 Å². The van der Waals surface area contributed by atoms with Gasteiger partial charge in [0.05, 0.1) is 10.9 Å². The van der Waals surface area contributed by atoms with Crippen LogP contribution < -0.4 is 4.72 Å². The summed E-state index contributed by atoms with van der Waals surface area (Å²) in [6.07, 6.45) is 1.95. The molecule has 0 heterocycles. The van der Waals surface area contributed by atoms with E-state index in [9.17, 15) is 8.42 Å². The first kappa shape index (κ1) is 17.9. The smallest absolute Gasteiger partial charge is 0.218 e. The van der Waals surface area contributed by atoms with Gasteiger partial charge in [0.25, 0.3) is 0 Å². The minimum atomic E-state index is -3.29. The van der Waals surface area contributed by atoms with Crippen LogP contribution in [0.4, 0.5) is 0 Å². The van der Waals surface area contributed by atoms with E-state index >= 15 is 0 Å². The third-order valence-corrected chi connectivity index (χ3v) is 6.53. The molecule has 1 atom stereocenters. The Kier molecular flexibility index (Phi) is 7.40. The lowest BCUT2D eigenvalue weighted by Gasteiger charge is -2.34. The van der Waals surface area contributed by atoms with E-state index in [0.717, 1.165) is 19.5 Å². The van der Waals surface area contributed by atoms with Crippen LogP contribution >= 0.6 is 0 Å². The van der Waals surface area contributed by atoms with Crippen molar-refractivity contribution >= 4 is 10.0 Å². The van der Waals surface area contributed by atoms with Gasteiger partial charge < -0.3 is 0 Å². The molecule has 0 spiro atoms. The van der Waals surface area contributed by atoms with Gasteiger partial charge in [-0.15, -0.1) is 0 Å². The Hall–Kier alpha value is -0.130. The highest BCUT2D eigenvalue weighted by Crippen LogP contribution is 2.25. The topological polar surface area (TPSA) is 49.4 Å². The molecule has 0 aromatic rings. The lowest BCUT2D eigenvalue weighted by atomic mass is 10.1. The third kappa shape index (κ3) is 3.93. The van der Waals surface area contributed by atoms with E-state index < -0.39 is 14.8 Å². The first-order valence-corrected chi connectivity index (χ1v) is 8.55. The molecule has 0 amide bonds. The highest BCUT2D eigenvalue weighted by atomic mass is 32.2. The highest BCUT2D eigenvalue weighted by Gasteiger charge is 2.37. The Balaban J connectivity index is 5.04. The lowest BCUT2D eigenvalue weighted by molar-refractivity contribution is 0.198. The van der Waals surface area contributed by atoms with E-state index in [-0.39, 0.29) is 6.17 Å². The number of nitrogens with one attached hydrogen (secondary N) is 1. The average molecular weight is 278 g/mol. The summed E-state index contributed by atoms with van der Waals surface area (Å²) in [7, 11) is -3.29. The van der Waals surface area contributed by atoms with Crippen LogP contribution in [-0.2, 0) is 10.0 Å². The van der Waals surface area contributed by atoms with Crippen molar-refractivity contribution in [3.8, 4) is 0 Å². The van der Waals surface area contributed by atoms with E-state index in [2.05, 4.69) is 23.5 Å². The molecule has 0 aliphatic rings. The predicted molar refractivity (Wildman–Crippen MR) is 78.0 cm³/mol. The summed E-state index contributed by atoms with van der Waals surface area (Å²) >= 11 is 0. The summed E-state index contributed by atoms with van der Waals surface area (Å²) in [4.78, 5) is 2.14. The molecule has 0 radical (unpaired) electrons. The molecule has 0 aromatic heterocycles. The molecule has 0 saturated carbocycles. The molecule has 4 nitrogen and oxygen atoms in total. The molecule has 1 N–H and O–H groups in total. The van der Waals surface area contributed by atoms with Crippen LogP contribution in [0.5, 0.6) is 0 Å². The second-order valence-corrected chi connectivity index (χ2v) is 7.15. The Bertz CT molecular complexity index is 320. The quantitative estimate of drug-likeness (QED) is 0.659. The Morgan fingerprint density at radius 1 is 1.06 bits per heavy atom. The van der Waals surface area contributed by atoms with Crippen LogP contribution in [0.1, 0.15) is 60.8 Å². The summed E-state index contributed by atoms with van der Waals surface area (Å²) in [5.41, 5.74) is 0. The second-order valence-electron chi connectivity index (χ2n) is 4.92. The molecule has 0 bridgehead atoms. The summed E-state index contributed by atoms with van der Waals surface area (Å²) in [6.45, 7) is 13.5. The van der Waals surface area contributed by atoms with Crippen LogP contribution in [0.15, 0.2) is 0 Å². The largest absolute Gasteiger partial charge is 0.288 e. The van der Waals surface area contributed by atoms with Crippen molar-refractivity contribution in [2.24, 2.45) is 0 Å². The Morgan fingerprint density at radius 3 is 1.78 bits per heavy atom. The van der Waals surface area contributed by atoms with Crippen molar-refractivity contribution in [2.45, 2.75) is 71.7 Å². The fourth-order valence-corrected chi connectivity index (χ4v) is 3.75. The zero-order chi connectivity index (χ0) is 14.4. The maximum atomic E-state index is 12.5. The molecule has 0 fully saturated rings.